The lowest BCUT2D eigenvalue weighted by molar-refractivity contribution is 0.593. The van der Waals surface area contributed by atoms with Crippen molar-refractivity contribution in [2.75, 3.05) is 5.73 Å². The van der Waals surface area contributed by atoms with Crippen molar-refractivity contribution >= 4 is 5.69 Å². The molecule has 0 heterocycles. The molecule has 0 aliphatic rings. The highest BCUT2D eigenvalue weighted by Gasteiger charge is 2.18. The summed E-state index contributed by atoms with van der Waals surface area (Å²) in [7, 11) is 0. The zero-order valence-corrected chi connectivity index (χ0v) is 14.0. The average molecular weight is 301 g/mol. The molecule has 0 spiro atoms. The fourth-order valence-corrected chi connectivity index (χ4v) is 2.98. The molecule has 0 aliphatic carbocycles. The summed E-state index contributed by atoms with van der Waals surface area (Å²) in [6.45, 7) is 6.60. The molecule has 1 nitrogen and oxygen atoms in total. The molecule has 0 aliphatic heterocycles. The van der Waals surface area contributed by atoms with Gasteiger partial charge < -0.3 is 5.73 Å². The van der Waals surface area contributed by atoms with Gasteiger partial charge in [0.2, 0.25) is 0 Å². The lowest BCUT2D eigenvalue weighted by Gasteiger charge is -2.22. The van der Waals surface area contributed by atoms with Crippen LogP contribution in [0.4, 0.5) is 5.69 Å². The zero-order valence-electron chi connectivity index (χ0n) is 14.0. The van der Waals surface area contributed by atoms with Crippen LogP contribution in [0.1, 0.15) is 26.3 Å². The third kappa shape index (κ3) is 3.14. The van der Waals surface area contributed by atoms with Gasteiger partial charge in [0.05, 0.1) is 0 Å². The first-order valence-electron chi connectivity index (χ1n) is 8.01. The quantitative estimate of drug-likeness (QED) is 0.586. The molecule has 1 heteroatoms. The van der Waals surface area contributed by atoms with E-state index in [-0.39, 0.29) is 5.41 Å². The zero-order chi connectivity index (χ0) is 16.4. The number of hydrogen-bond donors (Lipinski definition) is 1. The van der Waals surface area contributed by atoms with E-state index in [4.69, 9.17) is 5.73 Å². The molecule has 0 bridgehead atoms. The van der Waals surface area contributed by atoms with Gasteiger partial charge in [0.1, 0.15) is 0 Å². The average Bonchev–Trinajstić information content (AvgIpc) is 2.55. The highest BCUT2D eigenvalue weighted by atomic mass is 14.6. The molecule has 3 aromatic carbocycles. The Hall–Kier alpha value is -2.54. The standard InChI is InChI=1S/C22H23N/c1-22(2,3)20-15-17(13-14-21(20)23)19-12-8-7-11-18(19)16-9-5-4-6-10-16/h4-15H,23H2,1-3H3. The minimum absolute atomic E-state index is 0.0295. The van der Waals surface area contributed by atoms with Gasteiger partial charge in [-0.3, -0.25) is 0 Å². The number of nitrogen functional groups attached to an aromatic ring is 1. The number of benzene rings is 3. The molecule has 0 aromatic heterocycles. The number of rotatable bonds is 2. The van der Waals surface area contributed by atoms with Gasteiger partial charge >= 0.3 is 0 Å². The van der Waals surface area contributed by atoms with Crippen molar-refractivity contribution in [2.45, 2.75) is 26.2 Å². The molecule has 0 atom stereocenters. The van der Waals surface area contributed by atoms with Gasteiger partial charge in [0.15, 0.2) is 0 Å². The SMILES string of the molecule is CC(C)(C)c1cc(-c2ccccc2-c2ccccc2)ccc1N. The Bertz CT molecular complexity index is 811. The Labute approximate surface area is 138 Å². The van der Waals surface area contributed by atoms with E-state index < -0.39 is 0 Å². The van der Waals surface area contributed by atoms with Gasteiger partial charge in [-0.25, -0.2) is 0 Å². The van der Waals surface area contributed by atoms with Gasteiger partial charge in [0.25, 0.3) is 0 Å². The Morgan fingerprint density at radius 1 is 0.652 bits per heavy atom. The maximum absolute atomic E-state index is 6.20. The van der Waals surface area contributed by atoms with Crippen LogP contribution >= 0.6 is 0 Å². The summed E-state index contributed by atoms with van der Waals surface area (Å²) >= 11 is 0. The van der Waals surface area contributed by atoms with Gasteiger partial charge in [-0.05, 0) is 45.4 Å². The van der Waals surface area contributed by atoms with Gasteiger partial charge in [-0.15, -0.1) is 0 Å². The summed E-state index contributed by atoms with van der Waals surface area (Å²) in [4.78, 5) is 0. The van der Waals surface area contributed by atoms with Crippen LogP contribution in [0.2, 0.25) is 0 Å². The maximum Gasteiger partial charge on any atom is 0.0352 e. The first kappa shape index (κ1) is 15.4. The molecule has 3 rings (SSSR count). The van der Waals surface area contributed by atoms with Crippen LogP contribution in [0.25, 0.3) is 22.3 Å². The van der Waals surface area contributed by atoms with Crippen LogP contribution < -0.4 is 5.73 Å². The highest BCUT2D eigenvalue weighted by Crippen LogP contribution is 2.36. The molecule has 0 saturated heterocycles. The summed E-state index contributed by atoms with van der Waals surface area (Å²) in [6, 6.07) is 25.4. The maximum atomic E-state index is 6.20. The van der Waals surface area contributed by atoms with E-state index in [1.54, 1.807) is 0 Å². The van der Waals surface area contributed by atoms with E-state index >= 15 is 0 Å². The van der Waals surface area contributed by atoms with E-state index in [0.717, 1.165) is 5.69 Å². The van der Waals surface area contributed by atoms with Crippen LogP contribution in [0.5, 0.6) is 0 Å². The summed E-state index contributed by atoms with van der Waals surface area (Å²) < 4.78 is 0. The molecule has 0 unspecified atom stereocenters. The minimum Gasteiger partial charge on any atom is -0.398 e. The van der Waals surface area contributed by atoms with E-state index in [0.29, 0.717) is 0 Å². The smallest absolute Gasteiger partial charge is 0.0352 e. The molecule has 116 valence electrons. The van der Waals surface area contributed by atoms with Crippen LogP contribution in [0, 0.1) is 0 Å². The fourth-order valence-electron chi connectivity index (χ4n) is 2.98. The molecular weight excluding hydrogens is 278 g/mol. The Morgan fingerprint density at radius 3 is 1.83 bits per heavy atom. The number of nitrogens with two attached hydrogens (primary N) is 1. The summed E-state index contributed by atoms with van der Waals surface area (Å²) in [6.07, 6.45) is 0. The predicted molar refractivity (Wildman–Crippen MR) is 100 cm³/mol. The van der Waals surface area contributed by atoms with Crippen molar-refractivity contribution < 1.29 is 0 Å². The summed E-state index contributed by atoms with van der Waals surface area (Å²) in [5, 5.41) is 0. The Balaban J connectivity index is 2.18. The van der Waals surface area contributed by atoms with Crippen molar-refractivity contribution in [1.29, 1.82) is 0 Å². The molecule has 0 radical (unpaired) electrons. The second kappa shape index (κ2) is 5.92. The van der Waals surface area contributed by atoms with Crippen molar-refractivity contribution in [3.05, 3.63) is 78.4 Å². The topological polar surface area (TPSA) is 26.0 Å². The van der Waals surface area contributed by atoms with Crippen LogP contribution in [-0.2, 0) is 5.41 Å². The highest BCUT2D eigenvalue weighted by molar-refractivity contribution is 5.84. The predicted octanol–water partition coefficient (Wildman–Crippen LogP) is 5.90. The summed E-state index contributed by atoms with van der Waals surface area (Å²) in [5.74, 6) is 0. The molecule has 2 N–H and O–H groups in total. The van der Waals surface area contributed by atoms with Crippen LogP contribution in [0.15, 0.2) is 72.8 Å². The first-order chi connectivity index (χ1) is 11.0. The lowest BCUT2D eigenvalue weighted by atomic mass is 9.83. The third-order valence-electron chi connectivity index (χ3n) is 4.18. The molecule has 3 aromatic rings. The number of hydrogen-bond acceptors (Lipinski definition) is 1. The second-order valence-corrected chi connectivity index (χ2v) is 6.96. The van der Waals surface area contributed by atoms with Crippen LogP contribution in [0.3, 0.4) is 0 Å². The van der Waals surface area contributed by atoms with Crippen molar-refractivity contribution in [2.24, 2.45) is 0 Å². The largest absolute Gasteiger partial charge is 0.398 e. The van der Waals surface area contributed by atoms with Gasteiger partial charge in [-0.1, -0.05) is 81.4 Å². The molecular formula is C22H23N. The fraction of sp³-hybridized carbons (Fsp3) is 0.182. The van der Waals surface area contributed by atoms with E-state index in [2.05, 4.69) is 81.4 Å². The molecule has 23 heavy (non-hydrogen) atoms. The Morgan fingerprint density at radius 2 is 1.22 bits per heavy atom. The third-order valence-corrected chi connectivity index (χ3v) is 4.18. The van der Waals surface area contributed by atoms with Gasteiger partial charge in [0, 0.05) is 5.69 Å². The van der Waals surface area contributed by atoms with Crippen LogP contribution in [-0.4, -0.2) is 0 Å². The van der Waals surface area contributed by atoms with E-state index in [1.807, 2.05) is 12.1 Å². The minimum atomic E-state index is 0.0295. The molecule has 0 saturated carbocycles. The van der Waals surface area contributed by atoms with Crippen molar-refractivity contribution in [3.8, 4) is 22.3 Å². The molecule has 0 fully saturated rings. The normalized spacial score (nSPS) is 11.4. The molecule has 0 amide bonds. The van der Waals surface area contributed by atoms with E-state index in [1.165, 1.54) is 27.8 Å². The Kier molecular flexibility index (Phi) is 3.96. The monoisotopic (exact) mass is 301 g/mol. The second-order valence-electron chi connectivity index (χ2n) is 6.96. The van der Waals surface area contributed by atoms with E-state index in [9.17, 15) is 0 Å². The lowest BCUT2D eigenvalue weighted by Crippen LogP contribution is -2.14. The van der Waals surface area contributed by atoms with Gasteiger partial charge in [-0.2, -0.15) is 0 Å². The summed E-state index contributed by atoms with van der Waals surface area (Å²) in [5.41, 5.74) is 13.2. The van der Waals surface area contributed by atoms with Crippen molar-refractivity contribution in [1.82, 2.24) is 0 Å². The number of anilines is 1. The first-order valence-corrected chi connectivity index (χ1v) is 8.01. The van der Waals surface area contributed by atoms with Crippen molar-refractivity contribution in [3.63, 3.8) is 0 Å².